The second-order valence-electron chi connectivity index (χ2n) is 3.80. The Morgan fingerprint density at radius 1 is 1.57 bits per heavy atom. The number of hydrogen-bond donors (Lipinski definition) is 2. The maximum Gasteiger partial charge on any atom is 0.225 e. The van der Waals surface area contributed by atoms with Crippen LogP contribution < -0.4 is 5.32 Å². The van der Waals surface area contributed by atoms with E-state index in [1.165, 1.54) is 0 Å². The number of aliphatic hydroxyl groups excluding tert-OH is 1. The molecule has 2 N–H and O–H groups in total. The van der Waals surface area contributed by atoms with Gasteiger partial charge in [-0.15, -0.1) is 0 Å². The van der Waals surface area contributed by atoms with Crippen molar-refractivity contribution in [1.29, 1.82) is 0 Å². The summed E-state index contributed by atoms with van der Waals surface area (Å²) in [7, 11) is 0. The minimum atomic E-state index is 0.0270. The Bertz CT molecular complexity index is 184. The first kappa shape index (κ1) is 11.5. The summed E-state index contributed by atoms with van der Waals surface area (Å²) >= 11 is 0. The normalized spacial score (nSPS) is 26.4. The lowest BCUT2D eigenvalue weighted by molar-refractivity contribution is -0.124. The molecule has 0 spiro atoms. The summed E-state index contributed by atoms with van der Waals surface area (Å²) in [6, 6.07) is 0. The molecule has 1 rings (SSSR count). The van der Waals surface area contributed by atoms with Crippen LogP contribution in [-0.2, 0) is 9.53 Å². The van der Waals surface area contributed by atoms with Crippen molar-refractivity contribution in [3.05, 3.63) is 0 Å². The number of carbonyl (C=O) groups is 1. The molecule has 0 saturated carbocycles. The maximum atomic E-state index is 11.5. The Hall–Kier alpha value is -0.610. The predicted molar refractivity (Wildman–Crippen MR) is 52.9 cm³/mol. The molecule has 0 aliphatic carbocycles. The van der Waals surface area contributed by atoms with Gasteiger partial charge in [-0.2, -0.15) is 0 Å². The first-order chi connectivity index (χ1) is 6.74. The summed E-state index contributed by atoms with van der Waals surface area (Å²) in [4.78, 5) is 11.5. The molecule has 1 heterocycles. The molecular weight excluding hydrogens is 182 g/mol. The molecule has 2 unspecified atom stereocenters. The largest absolute Gasteiger partial charge is 0.396 e. The first-order valence-electron chi connectivity index (χ1n) is 5.24. The molecule has 1 saturated heterocycles. The van der Waals surface area contributed by atoms with Crippen molar-refractivity contribution in [2.24, 2.45) is 5.92 Å². The van der Waals surface area contributed by atoms with Crippen molar-refractivity contribution in [1.82, 2.24) is 5.32 Å². The van der Waals surface area contributed by atoms with Crippen molar-refractivity contribution in [2.75, 3.05) is 19.8 Å². The monoisotopic (exact) mass is 201 g/mol. The van der Waals surface area contributed by atoms with Gasteiger partial charge in [0.15, 0.2) is 0 Å². The molecule has 0 aromatic rings. The standard InChI is InChI=1S/C10H19NO3/c1-8-6-9(7-14-8)10(13)11-4-2-3-5-12/h8-9,12H,2-7H2,1H3,(H,11,13). The van der Waals surface area contributed by atoms with Crippen LogP contribution in [0.15, 0.2) is 0 Å². The average molecular weight is 201 g/mol. The summed E-state index contributed by atoms with van der Waals surface area (Å²) in [5.41, 5.74) is 0. The molecule has 82 valence electrons. The molecule has 1 aliphatic rings. The van der Waals surface area contributed by atoms with Gasteiger partial charge in [0, 0.05) is 13.2 Å². The zero-order valence-corrected chi connectivity index (χ0v) is 8.66. The number of aliphatic hydroxyl groups is 1. The van der Waals surface area contributed by atoms with Gasteiger partial charge in [0.2, 0.25) is 5.91 Å². The summed E-state index contributed by atoms with van der Waals surface area (Å²) < 4.78 is 5.31. The Morgan fingerprint density at radius 3 is 2.93 bits per heavy atom. The van der Waals surface area contributed by atoms with E-state index in [2.05, 4.69) is 5.32 Å². The zero-order chi connectivity index (χ0) is 10.4. The highest BCUT2D eigenvalue weighted by Crippen LogP contribution is 2.18. The van der Waals surface area contributed by atoms with E-state index in [0.29, 0.717) is 13.2 Å². The number of unbranched alkanes of at least 4 members (excludes halogenated alkanes) is 1. The SMILES string of the molecule is CC1CC(C(=O)NCCCCO)CO1. The minimum Gasteiger partial charge on any atom is -0.396 e. The van der Waals surface area contributed by atoms with Gasteiger partial charge in [0.25, 0.3) is 0 Å². The number of carbonyl (C=O) groups excluding carboxylic acids is 1. The molecule has 1 aliphatic heterocycles. The topological polar surface area (TPSA) is 58.6 Å². The van der Waals surface area contributed by atoms with Gasteiger partial charge in [0.1, 0.15) is 0 Å². The van der Waals surface area contributed by atoms with Gasteiger partial charge in [-0.25, -0.2) is 0 Å². The van der Waals surface area contributed by atoms with Crippen molar-refractivity contribution in [2.45, 2.75) is 32.3 Å². The van der Waals surface area contributed by atoms with E-state index in [-0.39, 0.29) is 24.5 Å². The summed E-state index contributed by atoms with van der Waals surface area (Å²) in [6.45, 7) is 3.38. The smallest absolute Gasteiger partial charge is 0.225 e. The molecule has 0 bridgehead atoms. The predicted octanol–water partition coefficient (Wildman–Crippen LogP) is 0.300. The van der Waals surface area contributed by atoms with E-state index in [9.17, 15) is 4.79 Å². The Labute approximate surface area is 84.6 Å². The number of hydrogen-bond acceptors (Lipinski definition) is 3. The van der Waals surface area contributed by atoms with Gasteiger partial charge in [0.05, 0.1) is 18.6 Å². The molecule has 1 fully saturated rings. The van der Waals surface area contributed by atoms with Gasteiger partial charge in [-0.1, -0.05) is 0 Å². The van der Waals surface area contributed by atoms with Crippen molar-refractivity contribution in [3.63, 3.8) is 0 Å². The Balaban J connectivity index is 2.09. The molecule has 2 atom stereocenters. The zero-order valence-electron chi connectivity index (χ0n) is 8.66. The summed E-state index contributed by atoms with van der Waals surface area (Å²) in [5, 5.41) is 11.4. The molecule has 1 amide bonds. The van der Waals surface area contributed by atoms with Crippen molar-refractivity contribution in [3.8, 4) is 0 Å². The van der Waals surface area contributed by atoms with E-state index in [4.69, 9.17) is 9.84 Å². The van der Waals surface area contributed by atoms with Crippen molar-refractivity contribution >= 4 is 5.91 Å². The molecule has 4 nitrogen and oxygen atoms in total. The van der Waals surface area contributed by atoms with E-state index >= 15 is 0 Å². The van der Waals surface area contributed by atoms with Crippen LogP contribution in [-0.4, -0.2) is 36.9 Å². The van der Waals surface area contributed by atoms with E-state index in [1.54, 1.807) is 0 Å². The first-order valence-corrected chi connectivity index (χ1v) is 5.24. The molecule has 0 aromatic carbocycles. The van der Waals surface area contributed by atoms with E-state index in [0.717, 1.165) is 19.3 Å². The summed E-state index contributed by atoms with van der Waals surface area (Å²) in [6.07, 6.45) is 2.62. The lowest BCUT2D eigenvalue weighted by atomic mass is 10.1. The quantitative estimate of drug-likeness (QED) is 0.629. The molecule has 14 heavy (non-hydrogen) atoms. The van der Waals surface area contributed by atoms with E-state index < -0.39 is 0 Å². The number of amides is 1. The van der Waals surface area contributed by atoms with Crippen LogP contribution in [0.4, 0.5) is 0 Å². The van der Waals surface area contributed by atoms with Crippen LogP contribution in [0.2, 0.25) is 0 Å². The lowest BCUT2D eigenvalue weighted by Crippen LogP contribution is -2.31. The number of rotatable bonds is 5. The fourth-order valence-electron chi connectivity index (χ4n) is 1.59. The van der Waals surface area contributed by atoms with Crippen LogP contribution in [0.1, 0.15) is 26.2 Å². The van der Waals surface area contributed by atoms with Crippen LogP contribution in [0.5, 0.6) is 0 Å². The van der Waals surface area contributed by atoms with Gasteiger partial charge in [-0.3, -0.25) is 4.79 Å². The van der Waals surface area contributed by atoms with Crippen LogP contribution in [0.25, 0.3) is 0 Å². The number of nitrogens with one attached hydrogen (secondary N) is 1. The second kappa shape index (κ2) is 5.98. The molecular formula is C10H19NO3. The minimum absolute atomic E-state index is 0.0270. The number of ether oxygens (including phenoxy) is 1. The van der Waals surface area contributed by atoms with E-state index in [1.807, 2.05) is 6.92 Å². The highest BCUT2D eigenvalue weighted by atomic mass is 16.5. The van der Waals surface area contributed by atoms with Gasteiger partial charge in [-0.05, 0) is 26.2 Å². The van der Waals surface area contributed by atoms with Crippen LogP contribution in [0, 0.1) is 5.92 Å². The third-order valence-corrected chi connectivity index (χ3v) is 2.45. The Kier molecular flexibility index (Phi) is 4.90. The fraction of sp³-hybridized carbons (Fsp3) is 0.900. The lowest BCUT2D eigenvalue weighted by Gasteiger charge is -2.08. The highest BCUT2D eigenvalue weighted by Gasteiger charge is 2.27. The third-order valence-electron chi connectivity index (χ3n) is 2.45. The maximum absolute atomic E-state index is 11.5. The average Bonchev–Trinajstić information content (AvgIpc) is 2.59. The van der Waals surface area contributed by atoms with Gasteiger partial charge < -0.3 is 15.2 Å². The fourth-order valence-corrected chi connectivity index (χ4v) is 1.59. The highest BCUT2D eigenvalue weighted by molar-refractivity contribution is 5.79. The third kappa shape index (κ3) is 3.64. The summed E-state index contributed by atoms with van der Waals surface area (Å²) in [5.74, 6) is 0.117. The Morgan fingerprint density at radius 2 is 2.36 bits per heavy atom. The van der Waals surface area contributed by atoms with Crippen molar-refractivity contribution < 1.29 is 14.6 Å². The molecule has 4 heteroatoms. The van der Waals surface area contributed by atoms with Gasteiger partial charge >= 0.3 is 0 Å². The van der Waals surface area contributed by atoms with Crippen LogP contribution in [0.3, 0.4) is 0 Å². The molecule has 0 aromatic heterocycles. The second-order valence-corrected chi connectivity index (χ2v) is 3.80. The van der Waals surface area contributed by atoms with Crippen LogP contribution >= 0.6 is 0 Å². The molecule has 0 radical (unpaired) electrons.